The van der Waals surface area contributed by atoms with Crippen molar-refractivity contribution in [2.24, 2.45) is 5.92 Å². The first-order valence-electron chi connectivity index (χ1n) is 7.12. The zero-order valence-electron chi connectivity index (χ0n) is 12.9. The third-order valence-corrected chi connectivity index (χ3v) is 3.70. The number of anilines is 1. The molecule has 0 saturated carbocycles. The number of benzene rings is 1. The molecule has 22 heavy (non-hydrogen) atoms. The summed E-state index contributed by atoms with van der Waals surface area (Å²) in [5.41, 5.74) is 1.37. The zero-order valence-corrected chi connectivity index (χ0v) is 12.9. The Bertz CT molecular complexity index is 613. The van der Waals surface area contributed by atoms with Crippen LogP contribution in [0.1, 0.15) is 26.3 Å². The summed E-state index contributed by atoms with van der Waals surface area (Å²) in [5.74, 6) is -2.94. The van der Waals surface area contributed by atoms with Gasteiger partial charge in [0.1, 0.15) is 0 Å². The first kappa shape index (κ1) is 16.0. The van der Waals surface area contributed by atoms with E-state index in [4.69, 9.17) is 5.11 Å². The normalized spacial score (nSPS) is 15.1. The summed E-state index contributed by atoms with van der Waals surface area (Å²) in [7, 11) is 0. The number of carbonyl (C=O) groups excluding carboxylic acids is 2. The Hall–Kier alpha value is -2.37. The van der Waals surface area contributed by atoms with Gasteiger partial charge in [-0.05, 0) is 17.0 Å². The number of nitrogens with one attached hydrogen (secondary N) is 1. The molecule has 2 rings (SSSR count). The van der Waals surface area contributed by atoms with Crippen LogP contribution in [0, 0.1) is 5.92 Å². The number of carbonyl (C=O) groups is 3. The number of para-hydroxylation sites is 1. The molecule has 0 radical (unpaired) electrons. The highest BCUT2D eigenvalue weighted by Gasteiger charge is 2.38. The predicted octanol–water partition coefficient (Wildman–Crippen LogP) is 1.47. The van der Waals surface area contributed by atoms with Gasteiger partial charge in [0.2, 0.25) is 0 Å². The fourth-order valence-corrected chi connectivity index (χ4v) is 2.37. The van der Waals surface area contributed by atoms with Crippen LogP contribution in [0.2, 0.25) is 0 Å². The third-order valence-electron chi connectivity index (χ3n) is 3.70. The molecule has 1 aromatic rings. The molecule has 0 spiro atoms. The molecule has 0 bridgehead atoms. The minimum atomic E-state index is -0.942. The Morgan fingerprint density at radius 3 is 2.32 bits per heavy atom. The molecule has 1 heterocycles. The predicted molar refractivity (Wildman–Crippen MR) is 81.5 cm³/mol. The summed E-state index contributed by atoms with van der Waals surface area (Å²) in [6.45, 7) is 6.23. The number of rotatable bonds is 2. The van der Waals surface area contributed by atoms with Crippen LogP contribution in [-0.2, 0) is 19.8 Å². The van der Waals surface area contributed by atoms with Crippen LogP contribution in [-0.4, -0.2) is 40.9 Å². The zero-order chi connectivity index (χ0) is 16.5. The average Bonchev–Trinajstić information content (AvgIpc) is 2.35. The van der Waals surface area contributed by atoms with Crippen molar-refractivity contribution >= 4 is 23.5 Å². The molecule has 2 amide bonds. The maximum absolute atomic E-state index is 12.1. The molecule has 1 fully saturated rings. The molecule has 2 N–H and O–H groups in total. The molecule has 6 heteroatoms. The van der Waals surface area contributed by atoms with Crippen LogP contribution in [0.15, 0.2) is 24.3 Å². The molecule has 0 atom stereocenters. The minimum absolute atomic E-state index is 0.0858. The number of aliphatic carboxylic acids is 1. The van der Waals surface area contributed by atoms with Gasteiger partial charge in [0, 0.05) is 18.8 Å². The first-order chi connectivity index (χ1) is 10.2. The van der Waals surface area contributed by atoms with E-state index in [1.165, 1.54) is 4.90 Å². The van der Waals surface area contributed by atoms with Crippen molar-refractivity contribution in [1.82, 2.24) is 4.90 Å². The van der Waals surface area contributed by atoms with E-state index in [1.54, 1.807) is 12.1 Å². The third kappa shape index (κ3) is 3.27. The summed E-state index contributed by atoms with van der Waals surface area (Å²) in [6, 6.07) is 7.33. The Morgan fingerprint density at radius 1 is 1.18 bits per heavy atom. The van der Waals surface area contributed by atoms with E-state index in [9.17, 15) is 14.4 Å². The minimum Gasteiger partial charge on any atom is -0.481 e. The summed E-state index contributed by atoms with van der Waals surface area (Å²) in [5, 5.41) is 11.4. The molecule has 1 aliphatic heterocycles. The fraction of sp³-hybridized carbons (Fsp3) is 0.438. The average molecular weight is 304 g/mol. The summed E-state index contributed by atoms with van der Waals surface area (Å²) >= 11 is 0. The summed E-state index contributed by atoms with van der Waals surface area (Å²) < 4.78 is 0. The van der Waals surface area contributed by atoms with Crippen LogP contribution in [0.4, 0.5) is 5.69 Å². The fourth-order valence-electron chi connectivity index (χ4n) is 2.37. The topological polar surface area (TPSA) is 86.7 Å². The van der Waals surface area contributed by atoms with Gasteiger partial charge in [0.05, 0.1) is 5.92 Å². The molecule has 0 aromatic heterocycles. The van der Waals surface area contributed by atoms with Crippen molar-refractivity contribution in [3.8, 4) is 0 Å². The van der Waals surface area contributed by atoms with Crippen LogP contribution in [0.25, 0.3) is 0 Å². The lowest BCUT2D eigenvalue weighted by Gasteiger charge is -2.36. The first-order valence-corrected chi connectivity index (χ1v) is 7.12. The number of amides is 2. The van der Waals surface area contributed by atoms with E-state index in [0.717, 1.165) is 5.56 Å². The van der Waals surface area contributed by atoms with Gasteiger partial charge in [-0.3, -0.25) is 14.4 Å². The molecule has 1 aliphatic rings. The lowest BCUT2D eigenvalue weighted by Crippen LogP contribution is -2.55. The van der Waals surface area contributed by atoms with E-state index in [1.807, 2.05) is 32.9 Å². The molecule has 0 unspecified atom stereocenters. The number of hydrogen-bond donors (Lipinski definition) is 2. The van der Waals surface area contributed by atoms with E-state index in [2.05, 4.69) is 5.32 Å². The Morgan fingerprint density at radius 2 is 1.77 bits per heavy atom. The van der Waals surface area contributed by atoms with Gasteiger partial charge in [-0.2, -0.15) is 0 Å². The largest absolute Gasteiger partial charge is 0.481 e. The Balaban J connectivity index is 2.04. The van der Waals surface area contributed by atoms with Gasteiger partial charge in [0.15, 0.2) is 0 Å². The maximum atomic E-state index is 12.1. The number of carboxylic acids is 1. The van der Waals surface area contributed by atoms with E-state index in [0.29, 0.717) is 5.69 Å². The number of carboxylic acid groups (broad SMARTS) is 1. The second-order valence-electron chi connectivity index (χ2n) is 6.50. The summed E-state index contributed by atoms with van der Waals surface area (Å²) in [6.07, 6.45) is 0. The standard InChI is InChI=1S/C16H20N2O4/c1-16(2,3)11-6-4-5-7-12(11)17-13(19)14(20)18-8-10(9-18)15(21)22/h4-7,10H,8-9H2,1-3H3,(H,17,19)(H,21,22). The van der Waals surface area contributed by atoms with Crippen molar-refractivity contribution in [3.05, 3.63) is 29.8 Å². The summed E-state index contributed by atoms with van der Waals surface area (Å²) in [4.78, 5) is 36.0. The van der Waals surface area contributed by atoms with Crippen molar-refractivity contribution in [2.75, 3.05) is 18.4 Å². The monoisotopic (exact) mass is 304 g/mol. The van der Waals surface area contributed by atoms with Gasteiger partial charge >= 0.3 is 17.8 Å². The molecule has 6 nitrogen and oxygen atoms in total. The second-order valence-corrected chi connectivity index (χ2v) is 6.50. The van der Waals surface area contributed by atoms with Gasteiger partial charge in [-0.15, -0.1) is 0 Å². The van der Waals surface area contributed by atoms with E-state index < -0.39 is 23.7 Å². The number of hydrogen-bond acceptors (Lipinski definition) is 3. The van der Waals surface area contributed by atoms with E-state index in [-0.39, 0.29) is 18.5 Å². The molecule has 1 saturated heterocycles. The van der Waals surface area contributed by atoms with Crippen LogP contribution in [0.3, 0.4) is 0 Å². The lowest BCUT2D eigenvalue weighted by atomic mass is 9.86. The van der Waals surface area contributed by atoms with E-state index >= 15 is 0 Å². The van der Waals surface area contributed by atoms with Crippen molar-refractivity contribution in [2.45, 2.75) is 26.2 Å². The quantitative estimate of drug-likeness (QED) is 0.810. The highest BCUT2D eigenvalue weighted by molar-refractivity contribution is 6.39. The lowest BCUT2D eigenvalue weighted by molar-refractivity contribution is -0.156. The van der Waals surface area contributed by atoms with Crippen molar-refractivity contribution in [1.29, 1.82) is 0 Å². The Kier molecular flexibility index (Phi) is 4.21. The molecule has 1 aromatic carbocycles. The van der Waals surface area contributed by atoms with Crippen molar-refractivity contribution in [3.63, 3.8) is 0 Å². The van der Waals surface area contributed by atoms with Crippen LogP contribution >= 0.6 is 0 Å². The highest BCUT2D eigenvalue weighted by atomic mass is 16.4. The number of likely N-dealkylation sites (tertiary alicyclic amines) is 1. The van der Waals surface area contributed by atoms with Gasteiger partial charge < -0.3 is 15.3 Å². The number of nitrogens with zero attached hydrogens (tertiary/aromatic N) is 1. The molecule has 118 valence electrons. The molecule has 0 aliphatic carbocycles. The SMILES string of the molecule is CC(C)(C)c1ccccc1NC(=O)C(=O)N1CC(C(=O)O)C1. The van der Waals surface area contributed by atoms with Gasteiger partial charge in [-0.25, -0.2) is 0 Å². The van der Waals surface area contributed by atoms with Crippen molar-refractivity contribution < 1.29 is 19.5 Å². The van der Waals surface area contributed by atoms with Crippen LogP contribution < -0.4 is 5.32 Å². The molecular formula is C16H20N2O4. The Labute approximate surface area is 129 Å². The van der Waals surface area contributed by atoms with Gasteiger partial charge in [-0.1, -0.05) is 39.0 Å². The molecular weight excluding hydrogens is 284 g/mol. The van der Waals surface area contributed by atoms with Crippen LogP contribution in [0.5, 0.6) is 0 Å². The highest BCUT2D eigenvalue weighted by Crippen LogP contribution is 2.29. The van der Waals surface area contributed by atoms with Gasteiger partial charge in [0.25, 0.3) is 0 Å². The maximum Gasteiger partial charge on any atom is 0.313 e. The smallest absolute Gasteiger partial charge is 0.313 e. The second kappa shape index (κ2) is 5.79.